The summed E-state index contributed by atoms with van der Waals surface area (Å²) in [7, 11) is 0. The Morgan fingerprint density at radius 3 is 2.28 bits per heavy atom. The molecule has 0 spiro atoms. The van der Waals surface area contributed by atoms with Gasteiger partial charge in [-0.05, 0) is 59.1 Å². The van der Waals surface area contributed by atoms with Crippen molar-refractivity contribution in [3.63, 3.8) is 0 Å². The van der Waals surface area contributed by atoms with Gasteiger partial charge < -0.3 is 10.5 Å². The number of nitrogens with zero attached hydrogens (tertiary/aromatic N) is 1. The van der Waals surface area contributed by atoms with Crippen molar-refractivity contribution in [1.82, 2.24) is 4.90 Å². The summed E-state index contributed by atoms with van der Waals surface area (Å²) in [5, 5.41) is 0.691. The normalized spacial score (nSPS) is 52.7. The van der Waals surface area contributed by atoms with Crippen molar-refractivity contribution in [2.24, 2.45) is 52.6 Å². The van der Waals surface area contributed by atoms with E-state index in [9.17, 15) is 9.59 Å². The van der Waals surface area contributed by atoms with Gasteiger partial charge in [-0.3, -0.25) is 9.69 Å². The van der Waals surface area contributed by atoms with Gasteiger partial charge in [0.2, 0.25) is 0 Å². The molecule has 0 radical (unpaired) electrons. The van der Waals surface area contributed by atoms with Crippen LogP contribution in [0, 0.1) is 46.8 Å². The Morgan fingerprint density at radius 2 is 1.76 bits per heavy atom. The van der Waals surface area contributed by atoms with Gasteiger partial charge in [-0.2, -0.15) is 0 Å². The Kier molecular flexibility index (Phi) is 1.98. The van der Waals surface area contributed by atoms with Crippen LogP contribution in [0.3, 0.4) is 0 Å². The topological polar surface area (TPSA) is 72.6 Å². The number of cyclic esters (lactones) is 1. The number of hydrogen-bond acceptors (Lipinski definition) is 3. The molecule has 2 atom stereocenters. The molecule has 1 saturated heterocycles. The van der Waals surface area contributed by atoms with Crippen molar-refractivity contribution in [2.45, 2.75) is 12.1 Å². The van der Waals surface area contributed by atoms with Crippen molar-refractivity contribution in [2.75, 3.05) is 6.54 Å². The average molecular weight is 357 g/mol. The molecule has 2 N–H and O–H groups in total. The Balaban J connectivity index is 1.32. The summed E-state index contributed by atoms with van der Waals surface area (Å²) in [6.45, 7) is 0.263. The lowest BCUT2D eigenvalue weighted by Gasteiger charge is -3.08. The molecule has 1 aromatic carbocycles. The van der Waals surface area contributed by atoms with Crippen LogP contribution in [0.1, 0.15) is 11.6 Å². The van der Waals surface area contributed by atoms with E-state index in [2.05, 4.69) is 0 Å². The third-order valence-electron chi connectivity index (χ3n) is 8.68. The van der Waals surface area contributed by atoms with Crippen LogP contribution >= 0.6 is 11.6 Å². The molecular weight excluding hydrogens is 340 g/mol. The highest BCUT2D eigenvalue weighted by atomic mass is 35.5. The summed E-state index contributed by atoms with van der Waals surface area (Å²) in [4.78, 5) is 25.9. The van der Waals surface area contributed by atoms with Gasteiger partial charge in [0.1, 0.15) is 0 Å². The Labute approximate surface area is 149 Å². The summed E-state index contributed by atoms with van der Waals surface area (Å²) in [5.41, 5.74) is 6.73. The molecule has 6 saturated carbocycles. The second-order valence-electron chi connectivity index (χ2n) is 8.77. The highest BCUT2D eigenvalue weighted by molar-refractivity contribution is 6.30. The van der Waals surface area contributed by atoms with E-state index in [0.29, 0.717) is 5.02 Å². The first-order valence-corrected chi connectivity index (χ1v) is 9.46. The fourth-order valence-corrected chi connectivity index (χ4v) is 8.42. The van der Waals surface area contributed by atoms with Crippen molar-refractivity contribution >= 4 is 23.6 Å². The molecule has 6 aliphatic carbocycles. The van der Waals surface area contributed by atoms with E-state index in [0.717, 1.165) is 47.0 Å². The van der Waals surface area contributed by atoms with Gasteiger partial charge in [0.15, 0.2) is 6.10 Å². The predicted octanol–water partition coefficient (Wildman–Crippen LogP) is 2.05. The summed E-state index contributed by atoms with van der Waals surface area (Å²) in [6.07, 6.45) is -1.24. The molecule has 7 fully saturated rings. The van der Waals surface area contributed by atoms with Gasteiger partial charge in [-0.1, -0.05) is 23.7 Å². The Hall–Kier alpha value is -1.75. The van der Waals surface area contributed by atoms with E-state index >= 15 is 0 Å². The lowest BCUT2D eigenvalue weighted by atomic mass is 8.95. The van der Waals surface area contributed by atoms with Crippen LogP contribution in [0.2, 0.25) is 5.02 Å². The number of ether oxygens (including phenoxy) is 1. The molecule has 7 aliphatic rings. The minimum Gasteiger partial charge on any atom is -0.434 e. The number of amides is 2. The van der Waals surface area contributed by atoms with E-state index in [-0.39, 0.29) is 18.0 Å². The zero-order valence-corrected chi connectivity index (χ0v) is 14.1. The molecule has 128 valence electrons. The minimum absolute atomic E-state index is 0.00776. The van der Waals surface area contributed by atoms with Crippen molar-refractivity contribution in [3.05, 3.63) is 34.9 Å². The second-order valence-corrected chi connectivity index (χ2v) is 9.20. The van der Waals surface area contributed by atoms with Gasteiger partial charge in [0.25, 0.3) is 5.91 Å². The molecule has 5 nitrogen and oxygen atoms in total. The molecule has 1 heterocycles. The van der Waals surface area contributed by atoms with Crippen LogP contribution in [0.15, 0.2) is 24.3 Å². The summed E-state index contributed by atoms with van der Waals surface area (Å²) < 4.78 is 5.27. The molecule has 25 heavy (non-hydrogen) atoms. The van der Waals surface area contributed by atoms with E-state index in [1.165, 1.54) is 0 Å². The Morgan fingerprint density at radius 1 is 1.16 bits per heavy atom. The van der Waals surface area contributed by atoms with Gasteiger partial charge in [-0.15, -0.1) is 0 Å². The van der Waals surface area contributed by atoms with Crippen molar-refractivity contribution in [3.8, 4) is 0 Å². The van der Waals surface area contributed by atoms with Crippen molar-refractivity contribution < 1.29 is 14.3 Å². The molecule has 6 heteroatoms. The monoisotopic (exact) mass is 356 g/mol. The lowest BCUT2D eigenvalue weighted by molar-refractivity contribution is -0.624. The Bertz CT molecular complexity index is 817. The predicted molar refractivity (Wildman–Crippen MR) is 87.2 cm³/mol. The molecule has 1 aliphatic heterocycles. The molecular formula is C19H17ClN2O3. The molecule has 0 bridgehead atoms. The first kappa shape index (κ1) is 13.5. The van der Waals surface area contributed by atoms with Crippen LogP contribution in [0.5, 0.6) is 0 Å². The molecule has 8 rings (SSSR count). The summed E-state index contributed by atoms with van der Waals surface area (Å²) >= 11 is 6.08. The second kappa shape index (κ2) is 3.68. The number of carbonyl (C=O) groups excluding carboxylic acids is 2. The maximum atomic E-state index is 12.6. The highest BCUT2D eigenvalue weighted by Crippen LogP contribution is 3.07. The fourth-order valence-electron chi connectivity index (χ4n) is 8.29. The number of carbonyl (C=O) groups is 2. The van der Waals surface area contributed by atoms with Crippen molar-refractivity contribution in [1.29, 1.82) is 0 Å². The highest BCUT2D eigenvalue weighted by Gasteiger charge is 3.05. The van der Waals surface area contributed by atoms with Crippen LogP contribution in [-0.2, 0) is 9.53 Å². The molecule has 1 unspecified atom stereocenters. The lowest BCUT2D eigenvalue weighted by Crippen LogP contribution is -3.06. The standard InChI is InChI=1S/C19H17ClN2O3/c20-7-3-1-6(2-4-7)16(22-5-8(17(21)23)25-18(22)24)19-13-10-9-11(13)15(19)12(9)14(10)19/h1-4,8-16H,5H2,(H2,21,23)/t8?,9?,10?,11?,12?,13?,14?,15?,16-,19?/m0/s1. The van der Waals surface area contributed by atoms with E-state index in [4.69, 9.17) is 22.1 Å². The molecule has 0 aromatic heterocycles. The largest absolute Gasteiger partial charge is 0.434 e. The van der Waals surface area contributed by atoms with Crippen LogP contribution in [-0.4, -0.2) is 29.5 Å². The number of primary amides is 1. The fraction of sp³-hybridized carbons (Fsp3) is 0.579. The maximum absolute atomic E-state index is 12.6. The zero-order valence-electron chi connectivity index (χ0n) is 13.3. The quantitative estimate of drug-likeness (QED) is 0.897. The number of nitrogens with two attached hydrogens (primary N) is 1. The number of hydrogen-bond donors (Lipinski definition) is 1. The van der Waals surface area contributed by atoms with E-state index in [1.54, 1.807) is 4.90 Å². The average Bonchev–Trinajstić information content (AvgIpc) is 2.99. The number of halogens is 1. The van der Waals surface area contributed by atoms with Crippen LogP contribution in [0.25, 0.3) is 0 Å². The van der Waals surface area contributed by atoms with E-state index in [1.807, 2.05) is 24.3 Å². The molecule has 2 amide bonds. The smallest absolute Gasteiger partial charge is 0.411 e. The van der Waals surface area contributed by atoms with Gasteiger partial charge in [0.05, 0.1) is 12.6 Å². The maximum Gasteiger partial charge on any atom is 0.411 e. The SMILES string of the molecule is NC(=O)C1CN([C@@H](c2ccc(Cl)cc2)C23C4C5C6C4C2C6C53)C(=O)O1. The number of rotatable bonds is 4. The van der Waals surface area contributed by atoms with Gasteiger partial charge in [0, 0.05) is 10.4 Å². The summed E-state index contributed by atoms with van der Waals surface area (Å²) in [6, 6.07) is 7.82. The number of benzene rings is 1. The first-order valence-electron chi connectivity index (χ1n) is 9.09. The minimum atomic E-state index is -0.838. The van der Waals surface area contributed by atoms with Crippen LogP contribution in [0.4, 0.5) is 4.79 Å². The van der Waals surface area contributed by atoms with Gasteiger partial charge >= 0.3 is 6.09 Å². The zero-order chi connectivity index (χ0) is 16.8. The third-order valence-corrected chi connectivity index (χ3v) is 8.93. The van der Waals surface area contributed by atoms with Gasteiger partial charge in [-0.25, -0.2) is 4.79 Å². The van der Waals surface area contributed by atoms with Crippen LogP contribution < -0.4 is 5.73 Å². The van der Waals surface area contributed by atoms with E-state index < -0.39 is 18.1 Å². The third kappa shape index (κ3) is 1.07. The first-order chi connectivity index (χ1) is 12.1. The molecule has 1 aromatic rings. The summed E-state index contributed by atoms with van der Waals surface area (Å²) in [5.74, 6) is 5.52.